The van der Waals surface area contributed by atoms with Crippen molar-refractivity contribution in [2.75, 3.05) is 13.7 Å². The normalized spacial score (nSPS) is 10.2. The van der Waals surface area contributed by atoms with E-state index in [1.807, 2.05) is 6.92 Å². The first-order chi connectivity index (χ1) is 9.15. The summed E-state index contributed by atoms with van der Waals surface area (Å²) in [5.41, 5.74) is 0.588. The van der Waals surface area contributed by atoms with E-state index in [4.69, 9.17) is 4.74 Å². The predicted molar refractivity (Wildman–Crippen MR) is 67.7 cm³/mol. The van der Waals surface area contributed by atoms with E-state index in [1.54, 1.807) is 24.3 Å². The molecule has 6 heteroatoms. The number of nitrogens with zero attached hydrogens (tertiary/aromatic N) is 2. The summed E-state index contributed by atoms with van der Waals surface area (Å²) in [6.45, 7) is 2.50. The summed E-state index contributed by atoms with van der Waals surface area (Å²) in [7, 11) is 1.23. The van der Waals surface area contributed by atoms with Crippen LogP contribution in [-0.4, -0.2) is 34.6 Å². The molecule has 0 aliphatic rings. The van der Waals surface area contributed by atoms with Gasteiger partial charge < -0.3 is 14.6 Å². The third kappa shape index (κ3) is 2.67. The Balaban J connectivity index is 2.29. The second-order valence-electron chi connectivity index (χ2n) is 3.73. The van der Waals surface area contributed by atoms with Gasteiger partial charge in [-0.05, 0) is 31.2 Å². The van der Waals surface area contributed by atoms with Crippen molar-refractivity contribution in [1.82, 2.24) is 9.78 Å². The summed E-state index contributed by atoms with van der Waals surface area (Å²) in [5, 5.41) is 13.6. The molecule has 0 saturated carbocycles. The minimum absolute atomic E-state index is 0.114. The number of ether oxygens (including phenoxy) is 2. The van der Waals surface area contributed by atoms with Gasteiger partial charge in [0.1, 0.15) is 5.75 Å². The first-order valence-electron chi connectivity index (χ1n) is 5.76. The van der Waals surface area contributed by atoms with Crippen LogP contribution in [0.4, 0.5) is 0 Å². The molecule has 2 rings (SSSR count). The Labute approximate surface area is 110 Å². The Hall–Kier alpha value is -2.50. The van der Waals surface area contributed by atoms with E-state index >= 15 is 0 Å². The van der Waals surface area contributed by atoms with Crippen LogP contribution in [0, 0.1) is 0 Å². The van der Waals surface area contributed by atoms with E-state index in [1.165, 1.54) is 18.0 Å². The maximum Gasteiger partial charge on any atom is 0.362 e. The molecule has 0 saturated heterocycles. The number of benzene rings is 1. The number of rotatable bonds is 4. The Kier molecular flexibility index (Phi) is 3.70. The maximum absolute atomic E-state index is 11.3. The van der Waals surface area contributed by atoms with E-state index < -0.39 is 5.97 Å². The van der Waals surface area contributed by atoms with Gasteiger partial charge in [0.25, 0.3) is 0 Å². The molecule has 0 atom stereocenters. The number of carbonyl (C=O) groups excluding carboxylic acids is 1. The standard InChI is InChI=1S/C13H14N2O4/c1-3-19-10-6-4-9(5-7-10)15-8-11(16)12(14-15)13(17)18-2/h4-8,16H,3H2,1-2H3. The SMILES string of the molecule is CCOc1ccc(-n2cc(O)c(C(=O)OC)n2)cc1. The lowest BCUT2D eigenvalue weighted by Gasteiger charge is -2.04. The lowest BCUT2D eigenvalue weighted by atomic mass is 10.3. The zero-order chi connectivity index (χ0) is 13.8. The summed E-state index contributed by atoms with van der Waals surface area (Å²) in [4.78, 5) is 11.3. The summed E-state index contributed by atoms with van der Waals surface area (Å²) < 4.78 is 11.3. The summed E-state index contributed by atoms with van der Waals surface area (Å²) in [6, 6.07) is 7.13. The van der Waals surface area contributed by atoms with Crippen molar-refractivity contribution in [2.24, 2.45) is 0 Å². The Morgan fingerprint density at radius 2 is 2.05 bits per heavy atom. The summed E-state index contributed by atoms with van der Waals surface area (Å²) >= 11 is 0. The molecular weight excluding hydrogens is 248 g/mol. The van der Waals surface area contributed by atoms with Crippen LogP contribution in [0.5, 0.6) is 11.5 Å². The Morgan fingerprint density at radius 3 is 2.63 bits per heavy atom. The number of methoxy groups -OCH3 is 1. The second kappa shape index (κ2) is 5.43. The van der Waals surface area contributed by atoms with Crippen molar-refractivity contribution < 1.29 is 19.4 Å². The van der Waals surface area contributed by atoms with Crippen LogP contribution >= 0.6 is 0 Å². The maximum atomic E-state index is 11.3. The topological polar surface area (TPSA) is 73.6 Å². The van der Waals surface area contributed by atoms with Crippen LogP contribution in [0.15, 0.2) is 30.5 Å². The van der Waals surface area contributed by atoms with E-state index in [0.29, 0.717) is 12.3 Å². The molecule has 0 spiro atoms. The molecule has 1 heterocycles. The van der Waals surface area contributed by atoms with Gasteiger partial charge in [0.2, 0.25) is 5.69 Å². The third-order valence-electron chi connectivity index (χ3n) is 2.49. The molecule has 6 nitrogen and oxygen atoms in total. The van der Waals surface area contributed by atoms with Crippen LogP contribution in [0.2, 0.25) is 0 Å². The Morgan fingerprint density at radius 1 is 1.37 bits per heavy atom. The first-order valence-corrected chi connectivity index (χ1v) is 5.76. The molecule has 0 aliphatic heterocycles. The summed E-state index contributed by atoms with van der Waals surface area (Å²) in [6.07, 6.45) is 1.35. The number of aromatic nitrogens is 2. The number of hydrogen-bond donors (Lipinski definition) is 1. The van der Waals surface area contributed by atoms with Gasteiger partial charge in [-0.3, -0.25) is 0 Å². The van der Waals surface area contributed by atoms with Gasteiger partial charge in [0.05, 0.1) is 25.6 Å². The minimum Gasteiger partial charge on any atom is -0.504 e. The van der Waals surface area contributed by atoms with Gasteiger partial charge >= 0.3 is 5.97 Å². The lowest BCUT2D eigenvalue weighted by Crippen LogP contribution is -2.04. The van der Waals surface area contributed by atoms with Gasteiger partial charge in [-0.25, -0.2) is 9.48 Å². The molecule has 0 radical (unpaired) electrons. The molecule has 1 aromatic heterocycles. The number of esters is 1. The highest BCUT2D eigenvalue weighted by Crippen LogP contribution is 2.20. The van der Waals surface area contributed by atoms with Gasteiger partial charge in [-0.1, -0.05) is 0 Å². The van der Waals surface area contributed by atoms with Gasteiger partial charge in [0, 0.05) is 0 Å². The first kappa shape index (κ1) is 12.9. The molecule has 0 fully saturated rings. The van der Waals surface area contributed by atoms with Crippen molar-refractivity contribution in [1.29, 1.82) is 0 Å². The van der Waals surface area contributed by atoms with Crippen molar-refractivity contribution in [3.05, 3.63) is 36.2 Å². The van der Waals surface area contributed by atoms with Crippen molar-refractivity contribution in [3.63, 3.8) is 0 Å². The average Bonchev–Trinajstić information content (AvgIpc) is 2.81. The van der Waals surface area contributed by atoms with Crippen molar-refractivity contribution in [2.45, 2.75) is 6.92 Å². The monoisotopic (exact) mass is 262 g/mol. The van der Waals surface area contributed by atoms with Gasteiger partial charge in [0.15, 0.2) is 5.75 Å². The second-order valence-corrected chi connectivity index (χ2v) is 3.73. The number of carbonyl (C=O) groups is 1. The third-order valence-corrected chi connectivity index (χ3v) is 2.49. The molecular formula is C13H14N2O4. The van der Waals surface area contributed by atoms with Crippen LogP contribution in [0.3, 0.4) is 0 Å². The number of aromatic hydroxyl groups is 1. The molecule has 0 aliphatic carbocycles. The zero-order valence-corrected chi connectivity index (χ0v) is 10.7. The average molecular weight is 262 g/mol. The highest BCUT2D eigenvalue weighted by atomic mass is 16.5. The fraction of sp³-hybridized carbons (Fsp3) is 0.231. The smallest absolute Gasteiger partial charge is 0.362 e. The molecule has 100 valence electrons. The van der Waals surface area contributed by atoms with E-state index in [-0.39, 0.29) is 11.4 Å². The van der Waals surface area contributed by atoms with Gasteiger partial charge in [-0.2, -0.15) is 5.10 Å². The highest BCUT2D eigenvalue weighted by molar-refractivity contribution is 5.90. The lowest BCUT2D eigenvalue weighted by molar-refractivity contribution is 0.0590. The Bertz CT molecular complexity index is 575. The van der Waals surface area contributed by atoms with Crippen molar-refractivity contribution >= 4 is 5.97 Å². The molecule has 0 amide bonds. The number of hydrogen-bond acceptors (Lipinski definition) is 5. The highest BCUT2D eigenvalue weighted by Gasteiger charge is 2.17. The minimum atomic E-state index is -0.679. The summed E-state index contributed by atoms with van der Waals surface area (Å²) in [5.74, 6) is -0.154. The molecule has 19 heavy (non-hydrogen) atoms. The van der Waals surface area contributed by atoms with E-state index in [0.717, 1.165) is 5.75 Å². The fourth-order valence-electron chi connectivity index (χ4n) is 1.60. The molecule has 2 aromatic rings. The molecule has 0 unspecified atom stereocenters. The largest absolute Gasteiger partial charge is 0.504 e. The van der Waals surface area contributed by atoms with E-state index in [9.17, 15) is 9.90 Å². The zero-order valence-electron chi connectivity index (χ0n) is 10.7. The van der Waals surface area contributed by atoms with Crippen LogP contribution in [-0.2, 0) is 4.74 Å². The quantitative estimate of drug-likeness (QED) is 0.850. The molecule has 0 bridgehead atoms. The van der Waals surface area contributed by atoms with Crippen LogP contribution in [0.1, 0.15) is 17.4 Å². The fourth-order valence-corrected chi connectivity index (χ4v) is 1.60. The molecule has 1 aromatic carbocycles. The van der Waals surface area contributed by atoms with Crippen molar-refractivity contribution in [3.8, 4) is 17.2 Å². The predicted octanol–water partition coefficient (Wildman–Crippen LogP) is 1.76. The van der Waals surface area contributed by atoms with Crippen LogP contribution < -0.4 is 4.74 Å². The van der Waals surface area contributed by atoms with Crippen LogP contribution in [0.25, 0.3) is 5.69 Å². The van der Waals surface area contributed by atoms with Gasteiger partial charge in [-0.15, -0.1) is 0 Å². The van der Waals surface area contributed by atoms with E-state index in [2.05, 4.69) is 9.84 Å². The molecule has 1 N–H and O–H groups in total.